The molecule has 2 amide bonds. The van der Waals surface area contributed by atoms with Crippen LogP contribution < -0.4 is 14.4 Å². The van der Waals surface area contributed by atoms with Gasteiger partial charge in [0, 0.05) is 23.1 Å². The molecule has 0 spiro atoms. The van der Waals surface area contributed by atoms with Crippen molar-refractivity contribution in [2.24, 2.45) is 0 Å². The van der Waals surface area contributed by atoms with Gasteiger partial charge < -0.3 is 15.0 Å². The number of anilines is 1. The van der Waals surface area contributed by atoms with Gasteiger partial charge in [-0.25, -0.2) is 8.42 Å². The molecule has 0 fully saturated rings. The number of nitrogens with zero attached hydrogens (tertiary/aromatic N) is 2. The molecule has 0 aromatic heterocycles. The number of ether oxygens (including phenoxy) is 1. The molecule has 0 saturated carbocycles. The van der Waals surface area contributed by atoms with Gasteiger partial charge in [0.05, 0.1) is 17.7 Å². The van der Waals surface area contributed by atoms with E-state index in [4.69, 9.17) is 16.3 Å². The molecule has 0 aliphatic heterocycles. The Morgan fingerprint density at radius 1 is 1.05 bits per heavy atom. The molecule has 1 N–H and O–H groups in total. The Labute approximate surface area is 230 Å². The maximum absolute atomic E-state index is 13.8. The molecule has 3 aromatic carbocycles. The Morgan fingerprint density at radius 2 is 1.70 bits per heavy atom. The van der Waals surface area contributed by atoms with Crippen molar-refractivity contribution in [3.05, 3.63) is 87.9 Å². The molecule has 37 heavy (non-hydrogen) atoms. The summed E-state index contributed by atoms with van der Waals surface area (Å²) in [6.07, 6.45) is 0. The predicted octanol–water partition coefficient (Wildman–Crippen LogP) is 4.47. The molecule has 8 nitrogen and oxygen atoms in total. The van der Waals surface area contributed by atoms with Crippen molar-refractivity contribution in [1.29, 1.82) is 0 Å². The Hall–Kier alpha value is -3.08. The van der Waals surface area contributed by atoms with E-state index in [9.17, 15) is 18.0 Å². The van der Waals surface area contributed by atoms with Gasteiger partial charge in [0.1, 0.15) is 18.3 Å². The summed E-state index contributed by atoms with van der Waals surface area (Å²) in [7, 11) is -1.35. The molecule has 0 radical (unpaired) electrons. The summed E-state index contributed by atoms with van der Waals surface area (Å²) in [4.78, 5) is 27.6. The molecule has 11 heteroatoms. The number of hydrogen-bond acceptors (Lipinski definition) is 5. The zero-order valence-corrected chi connectivity index (χ0v) is 23.7. The van der Waals surface area contributed by atoms with Gasteiger partial charge in [-0.1, -0.05) is 57.9 Å². The Balaban J connectivity index is 2.09. The van der Waals surface area contributed by atoms with Gasteiger partial charge >= 0.3 is 0 Å². The van der Waals surface area contributed by atoms with E-state index in [2.05, 4.69) is 21.2 Å². The van der Waals surface area contributed by atoms with Crippen LogP contribution in [0.3, 0.4) is 0 Å². The lowest BCUT2D eigenvalue weighted by Gasteiger charge is -2.32. The van der Waals surface area contributed by atoms with Crippen LogP contribution in [0.1, 0.15) is 12.5 Å². The Bertz CT molecular complexity index is 1350. The van der Waals surface area contributed by atoms with E-state index in [0.717, 1.165) is 14.3 Å². The molecular weight excluding hydrogens is 582 g/mol. The number of nitrogens with one attached hydrogen (secondary N) is 1. The first-order valence-corrected chi connectivity index (χ1v) is 13.9. The van der Waals surface area contributed by atoms with Crippen molar-refractivity contribution in [3.63, 3.8) is 0 Å². The second-order valence-electron chi connectivity index (χ2n) is 8.08. The maximum atomic E-state index is 13.8. The van der Waals surface area contributed by atoms with Gasteiger partial charge in [-0.15, -0.1) is 0 Å². The largest absolute Gasteiger partial charge is 0.495 e. The van der Waals surface area contributed by atoms with Gasteiger partial charge in [-0.05, 0) is 55.0 Å². The molecule has 3 rings (SSSR count). The van der Waals surface area contributed by atoms with Crippen molar-refractivity contribution in [3.8, 4) is 5.75 Å². The third-order valence-electron chi connectivity index (χ3n) is 5.70. The predicted molar refractivity (Wildman–Crippen MR) is 147 cm³/mol. The molecule has 0 heterocycles. The SMILES string of the molecule is CNC(=O)C(C)N(Cc1ccc(Br)cc1)C(=O)CN(c1cc(Cl)ccc1OC)S(=O)(=O)c1ccccc1. The number of amides is 2. The van der Waals surface area contributed by atoms with Crippen LogP contribution >= 0.6 is 27.5 Å². The summed E-state index contributed by atoms with van der Waals surface area (Å²) in [6.45, 7) is 1.09. The lowest BCUT2D eigenvalue weighted by atomic mass is 10.1. The summed E-state index contributed by atoms with van der Waals surface area (Å²) in [6, 6.07) is 18.7. The standard InChI is InChI=1S/C26H27BrClN3O5S/c1-18(26(33)29-2)30(16-19-9-11-20(27)12-10-19)25(32)17-31(23-15-21(28)13-14-24(23)36-3)37(34,35)22-7-5-4-6-8-22/h4-15,18H,16-17H2,1-3H3,(H,29,33). The number of methoxy groups -OCH3 is 1. The van der Waals surface area contributed by atoms with Crippen LogP contribution in [0.15, 0.2) is 82.2 Å². The number of halogens is 2. The molecule has 1 unspecified atom stereocenters. The Kier molecular flexibility index (Phi) is 9.58. The van der Waals surface area contributed by atoms with Crippen molar-refractivity contribution in [1.82, 2.24) is 10.2 Å². The minimum atomic E-state index is -4.22. The van der Waals surface area contributed by atoms with Crippen LogP contribution in [0.5, 0.6) is 5.75 Å². The highest BCUT2D eigenvalue weighted by Crippen LogP contribution is 2.35. The van der Waals surface area contributed by atoms with E-state index in [1.807, 2.05) is 24.3 Å². The van der Waals surface area contributed by atoms with Gasteiger partial charge in [0.2, 0.25) is 11.8 Å². The highest BCUT2D eigenvalue weighted by atomic mass is 79.9. The molecule has 1 atom stereocenters. The number of carbonyl (C=O) groups excluding carboxylic acids is 2. The average Bonchev–Trinajstić information content (AvgIpc) is 2.90. The smallest absolute Gasteiger partial charge is 0.264 e. The van der Waals surface area contributed by atoms with Gasteiger partial charge in [0.25, 0.3) is 10.0 Å². The summed E-state index contributed by atoms with van der Waals surface area (Å²) in [5.41, 5.74) is 0.869. The molecule has 196 valence electrons. The quantitative estimate of drug-likeness (QED) is 0.367. The summed E-state index contributed by atoms with van der Waals surface area (Å²) < 4.78 is 34.8. The van der Waals surface area contributed by atoms with Crippen LogP contribution in [0, 0.1) is 0 Å². The number of rotatable bonds is 10. The minimum absolute atomic E-state index is 0.0105. The lowest BCUT2D eigenvalue weighted by molar-refractivity contribution is -0.139. The second kappa shape index (κ2) is 12.4. The second-order valence-corrected chi connectivity index (χ2v) is 11.3. The number of hydrogen-bond donors (Lipinski definition) is 1. The first kappa shape index (κ1) is 28.5. The van der Waals surface area contributed by atoms with Crippen molar-refractivity contribution >= 4 is 55.1 Å². The Morgan fingerprint density at radius 3 is 2.30 bits per heavy atom. The van der Waals surface area contributed by atoms with Gasteiger partial charge in [0.15, 0.2) is 0 Å². The molecule has 0 saturated heterocycles. The van der Waals surface area contributed by atoms with Gasteiger partial charge in [-0.2, -0.15) is 0 Å². The summed E-state index contributed by atoms with van der Waals surface area (Å²) >= 11 is 9.60. The van der Waals surface area contributed by atoms with E-state index < -0.39 is 28.5 Å². The average molecular weight is 609 g/mol. The molecule has 0 bridgehead atoms. The summed E-state index contributed by atoms with van der Waals surface area (Å²) in [5.74, 6) is -0.751. The zero-order chi connectivity index (χ0) is 27.2. The van der Waals surface area contributed by atoms with Crippen LogP contribution in [0.2, 0.25) is 5.02 Å². The fourth-order valence-corrected chi connectivity index (χ4v) is 5.54. The monoisotopic (exact) mass is 607 g/mol. The van der Waals surface area contributed by atoms with Crippen molar-refractivity contribution < 1.29 is 22.7 Å². The van der Waals surface area contributed by atoms with E-state index >= 15 is 0 Å². The zero-order valence-electron chi connectivity index (χ0n) is 20.5. The van der Waals surface area contributed by atoms with Crippen LogP contribution in [-0.4, -0.2) is 51.9 Å². The van der Waals surface area contributed by atoms with E-state index in [1.54, 1.807) is 31.2 Å². The fraction of sp³-hybridized carbons (Fsp3) is 0.231. The lowest BCUT2D eigenvalue weighted by Crippen LogP contribution is -2.50. The van der Waals surface area contributed by atoms with Crippen LogP contribution in [-0.2, 0) is 26.2 Å². The minimum Gasteiger partial charge on any atom is -0.495 e. The van der Waals surface area contributed by atoms with Crippen LogP contribution in [0.25, 0.3) is 0 Å². The molecule has 3 aromatic rings. The molecule has 0 aliphatic rings. The molecular formula is C26H27BrClN3O5S. The number of benzene rings is 3. The normalized spacial score (nSPS) is 11.9. The third-order valence-corrected chi connectivity index (χ3v) is 8.24. The highest BCUT2D eigenvalue weighted by Gasteiger charge is 2.33. The number of carbonyl (C=O) groups is 2. The number of likely N-dealkylation sites (N-methyl/N-ethyl adjacent to an activating group) is 1. The first-order chi connectivity index (χ1) is 17.6. The summed E-state index contributed by atoms with van der Waals surface area (Å²) in [5, 5.41) is 2.82. The first-order valence-electron chi connectivity index (χ1n) is 11.2. The van der Waals surface area contributed by atoms with Gasteiger partial charge in [-0.3, -0.25) is 13.9 Å². The van der Waals surface area contributed by atoms with E-state index in [0.29, 0.717) is 0 Å². The fourth-order valence-electron chi connectivity index (χ4n) is 3.67. The van der Waals surface area contributed by atoms with Crippen molar-refractivity contribution in [2.75, 3.05) is 25.0 Å². The molecule has 0 aliphatic carbocycles. The number of sulfonamides is 1. The van der Waals surface area contributed by atoms with Crippen LogP contribution in [0.4, 0.5) is 5.69 Å². The van der Waals surface area contributed by atoms with E-state index in [-0.39, 0.29) is 33.8 Å². The highest BCUT2D eigenvalue weighted by molar-refractivity contribution is 9.10. The third kappa shape index (κ3) is 6.82. The van der Waals surface area contributed by atoms with Crippen molar-refractivity contribution in [2.45, 2.75) is 24.4 Å². The maximum Gasteiger partial charge on any atom is 0.264 e. The topological polar surface area (TPSA) is 96.0 Å². The van der Waals surface area contributed by atoms with E-state index in [1.165, 1.54) is 43.3 Å².